The number of aromatic carboxylic acids is 1. The fourth-order valence-electron chi connectivity index (χ4n) is 1.15. The standard InChI is InChI=1S/C10H11FN2O4/c1-17-9(14)4-13-8-3-6(11)5(10(15)16)2-7(8)12/h2-3,13H,4,12H2,1H3,(H,15,16). The number of carboxylic acids is 1. The van der Waals surface area contributed by atoms with Crippen molar-refractivity contribution in [3.05, 3.63) is 23.5 Å². The number of anilines is 2. The van der Waals surface area contributed by atoms with E-state index < -0.39 is 23.3 Å². The third-order valence-corrected chi connectivity index (χ3v) is 2.02. The van der Waals surface area contributed by atoms with Gasteiger partial charge in [-0.15, -0.1) is 0 Å². The molecule has 0 aliphatic carbocycles. The molecule has 0 aromatic heterocycles. The van der Waals surface area contributed by atoms with Crippen LogP contribution >= 0.6 is 0 Å². The molecule has 0 spiro atoms. The minimum absolute atomic E-state index is 0.0349. The molecule has 1 aromatic carbocycles. The Balaban J connectivity index is 2.92. The minimum atomic E-state index is -1.41. The number of nitrogens with one attached hydrogen (secondary N) is 1. The molecule has 17 heavy (non-hydrogen) atoms. The maximum absolute atomic E-state index is 13.3. The Morgan fingerprint density at radius 2 is 2.18 bits per heavy atom. The topological polar surface area (TPSA) is 102 Å². The number of hydrogen-bond acceptors (Lipinski definition) is 5. The first kappa shape index (κ1) is 12.8. The molecule has 0 atom stereocenters. The van der Waals surface area contributed by atoms with E-state index in [-0.39, 0.29) is 17.9 Å². The van der Waals surface area contributed by atoms with Crippen LogP contribution < -0.4 is 11.1 Å². The summed E-state index contributed by atoms with van der Waals surface area (Å²) in [7, 11) is 1.21. The molecule has 0 heterocycles. The third-order valence-electron chi connectivity index (χ3n) is 2.02. The number of halogens is 1. The van der Waals surface area contributed by atoms with Crippen LogP contribution in [-0.2, 0) is 9.53 Å². The van der Waals surface area contributed by atoms with Crippen molar-refractivity contribution in [2.24, 2.45) is 0 Å². The van der Waals surface area contributed by atoms with Gasteiger partial charge in [-0.2, -0.15) is 0 Å². The van der Waals surface area contributed by atoms with Crippen LogP contribution in [0, 0.1) is 5.82 Å². The highest BCUT2D eigenvalue weighted by Crippen LogP contribution is 2.22. The number of carboxylic acid groups (broad SMARTS) is 1. The van der Waals surface area contributed by atoms with Gasteiger partial charge >= 0.3 is 11.9 Å². The predicted molar refractivity (Wildman–Crippen MR) is 58.3 cm³/mol. The normalized spacial score (nSPS) is 9.76. The molecule has 0 amide bonds. The van der Waals surface area contributed by atoms with Crippen molar-refractivity contribution >= 4 is 23.3 Å². The van der Waals surface area contributed by atoms with E-state index >= 15 is 0 Å². The molecule has 1 rings (SSSR count). The van der Waals surface area contributed by atoms with Crippen molar-refractivity contribution in [3.63, 3.8) is 0 Å². The van der Waals surface area contributed by atoms with E-state index in [1.165, 1.54) is 7.11 Å². The lowest BCUT2D eigenvalue weighted by Gasteiger charge is -2.09. The molecule has 0 aliphatic heterocycles. The van der Waals surface area contributed by atoms with Gasteiger partial charge in [-0.05, 0) is 12.1 Å². The van der Waals surface area contributed by atoms with Crippen LogP contribution in [0.1, 0.15) is 10.4 Å². The summed E-state index contributed by atoms with van der Waals surface area (Å²) in [5.41, 5.74) is 5.16. The van der Waals surface area contributed by atoms with Crippen LogP contribution in [-0.4, -0.2) is 30.7 Å². The summed E-state index contributed by atoms with van der Waals surface area (Å²) in [4.78, 5) is 21.5. The van der Waals surface area contributed by atoms with Gasteiger partial charge in [0.05, 0.1) is 24.0 Å². The minimum Gasteiger partial charge on any atom is -0.478 e. The second-order valence-corrected chi connectivity index (χ2v) is 3.15. The van der Waals surface area contributed by atoms with E-state index in [4.69, 9.17) is 10.8 Å². The summed E-state index contributed by atoms with van der Waals surface area (Å²) in [5, 5.41) is 11.2. The molecule has 0 bridgehead atoms. The van der Waals surface area contributed by atoms with Crippen molar-refractivity contribution in [2.45, 2.75) is 0 Å². The van der Waals surface area contributed by atoms with Gasteiger partial charge in [0.2, 0.25) is 0 Å². The van der Waals surface area contributed by atoms with Crippen LogP contribution in [0.25, 0.3) is 0 Å². The van der Waals surface area contributed by atoms with E-state index in [1.807, 2.05) is 0 Å². The van der Waals surface area contributed by atoms with Gasteiger partial charge < -0.3 is 20.9 Å². The van der Waals surface area contributed by atoms with Crippen LogP contribution in [0.15, 0.2) is 12.1 Å². The molecule has 0 radical (unpaired) electrons. The fourth-order valence-corrected chi connectivity index (χ4v) is 1.15. The number of methoxy groups -OCH3 is 1. The lowest BCUT2D eigenvalue weighted by molar-refractivity contribution is -0.138. The summed E-state index contributed by atoms with van der Waals surface area (Å²) in [5.74, 6) is -2.89. The largest absolute Gasteiger partial charge is 0.478 e. The second-order valence-electron chi connectivity index (χ2n) is 3.15. The number of nitrogen functional groups attached to an aromatic ring is 1. The second kappa shape index (κ2) is 5.15. The average Bonchev–Trinajstić information content (AvgIpc) is 2.28. The molecule has 0 fully saturated rings. The number of carbonyl (C=O) groups is 2. The van der Waals surface area contributed by atoms with Gasteiger partial charge in [0.15, 0.2) is 0 Å². The SMILES string of the molecule is COC(=O)CNc1cc(F)c(C(=O)O)cc1N. The number of ether oxygens (including phenoxy) is 1. The molecule has 7 heteroatoms. The summed E-state index contributed by atoms with van der Waals surface area (Å²) in [6, 6.07) is 1.90. The molecular formula is C10H11FN2O4. The lowest BCUT2D eigenvalue weighted by Crippen LogP contribution is -2.16. The van der Waals surface area contributed by atoms with Crippen LogP contribution in [0.5, 0.6) is 0 Å². The van der Waals surface area contributed by atoms with Crippen LogP contribution in [0.4, 0.5) is 15.8 Å². The monoisotopic (exact) mass is 242 g/mol. The van der Waals surface area contributed by atoms with Crippen molar-refractivity contribution < 1.29 is 23.8 Å². The highest BCUT2D eigenvalue weighted by molar-refractivity contribution is 5.91. The Kier molecular flexibility index (Phi) is 3.86. The van der Waals surface area contributed by atoms with Gasteiger partial charge in [0.1, 0.15) is 12.4 Å². The van der Waals surface area contributed by atoms with Gasteiger partial charge in [0, 0.05) is 0 Å². The quantitative estimate of drug-likeness (QED) is 0.530. The zero-order chi connectivity index (χ0) is 13.0. The fraction of sp³-hybridized carbons (Fsp3) is 0.200. The van der Waals surface area contributed by atoms with Gasteiger partial charge in [-0.25, -0.2) is 9.18 Å². The Bertz CT molecular complexity index is 462. The van der Waals surface area contributed by atoms with Crippen LogP contribution in [0.2, 0.25) is 0 Å². The maximum Gasteiger partial charge on any atom is 0.338 e. The lowest BCUT2D eigenvalue weighted by atomic mass is 10.1. The number of nitrogens with two attached hydrogens (primary N) is 1. The molecule has 0 aliphatic rings. The first-order chi connectivity index (χ1) is 7.95. The highest BCUT2D eigenvalue weighted by Gasteiger charge is 2.14. The Labute approximate surface area is 96.2 Å². The first-order valence-corrected chi connectivity index (χ1v) is 4.58. The predicted octanol–water partition coefficient (Wildman–Crippen LogP) is 0.691. The Morgan fingerprint density at radius 1 is 1.53 bits per heavy atom. The summed E-state index contributed by atoms with van der Waals surface area (Å²) in [6.07, 6.45) is 0. The Hall–Kier alpha value is -2.31. The van der Waals surface area contributed by atoms with E-state index in [0.29, 0.717) is 0 Å². The van der Waals surface area contributed by atoms with E-state index in [0.717, 1.165) is 12.1 Å². The van der Waals surface area contributed by atoms with Crippen molar-refractivity contribution in [2.75, 3.05) is 24.7 Å². The molecule has 6 nitrogen and oxygen atoms in total. The van der Waals surface area contributed by atoms with Crippen molar-refractivity contribution in [3.8, 4) is 0 Å². The molecule has 4 N–H and O–H groups in total. The third kappa shape index (κ3) is 3.07. The molecule has 1 aromatic rings. The van der Waals surface area contributed by atoms with Gasteiger partial charge in [-0.3, -0.25) is 4.79 Å². The summed E-state index contributed by atoms with van der Waals surface area (Å²) in [6.45, 7) is -0.188. The smallest absolute Gasteiger partial charge is 0.338 e. The average molecular weight is 242 g/mol. The number of hydrogen-bond donors (Lipinski definition) is 3. The van der Waals surface area contributed by atoms with Crippen molar-refractivity contribution in [1.82, 2.24) is 0 Å². The number of esters is 1. The maximum atomic E-state index is 13.3. The molecule has 0 saturated heterocycles. The van der Waals surface area contributed by atoms with E-state index in [1.54, 1.807) is 0 Å². The van der Waals surface area contributed by atoms with Gasteiger partial charge in [-0.1, -0.05) is 0 Å². The van der Waals surface area contributed by atoms with Crippen LogP contribution in [0.3, 0.4) is 0 Å². The molecular weight excluding hydrogens is 231 g/mol. The highest BCUT2D eigenvalue weighted by atomic mass is 19.1. The molecule has 0 saturated carbocycles. The number of benzene rings is 1. The number of carbonyl (C=O) groups excluding carboxylic acids is 1. The summed E-state index contributed by atoms with van der Waals surface area (Å²) < 4.78 is 17.7. The van der Waals surface area contributed by atoms with Gasteiger partial charge in [0.25, 0.3) is 0 Å². The molecule has 0 unspecified atom stereocenters. The van der Waals surface area contributed by atoms with E-state index in [2.05, 4.69) is 10.1 Å². The zero-order valence-corrected chi connectivity index (χ0v) is 8.99. The Morgan fingerprint density at radius 3 is 2.71 bits per heavy atom. The zero-order valence-electron chi connectivity index (χ0n) is 8.99. The first-order valence-electron chi connectivity index (χ1n) is 4.58. The van der Waals surface area contributed by atoms with Crippen molar-refractivity contribution in [1.29, 1.82) is 0 Å². The van der Waals surface area contributed by atoms with E-state index in [9.17, 15) is 14.0 Å². The number of rotatable bonds is 4. The summed E-state index contributed by atoms with van der Waals surface area (Å²) >= 11 is 0. The molecule has 92 valence electrons.